The van der Waals surface area contributed by atoms with Crippen molar-refractivity contribution in [1.29, 1.82) is 0 Å². The van der Waals surface area contributed by atoms with Crippen LogP contribution >= 0.6 is 0 Å². The predicted molar refractivity (Wildman–Crippen MR) is 68.2 cm³/mol. The van der Waals surface area contributed by atoms with Gasteiger partial charge in [0.05, 0.1) is 0 Å². The Balaban J connectivity index is 2.31. The number of halogens is 4. The first-order valence-corrected chi connectivity index (χ1v) is 6.07. The SMILES string of the molecule is CNC(Cc1cc(F)cc(F)c1)c1cc(F)ccc1F. The minimum atomic E-state index is -0.699. The lowest BCUT2D eigenvalue weighted by atomic mass is 9.98. The molecule has 2 aromatic carbocycles. The van der Waals surface area contributed by atoms with Crippen molar-refractivity contribution in [1.82, 2.24) is 5.32 Å². The van der Waals surface area contributed by atoms with E-state index in [-0.39, 0.29) is 12.0 Å². The molecule has 0 spiro atoms. The molecule has 1 nitrogen and oxygen atoms in total. The van der Waals surface area contributed by atoms with Crippen molar-refractivity contribution in [3.05, 3.63) is 70.8 Å². The van der Waals surface area contributed by atoms with Gasteiger partial charge in [0.1, 0.15) is 23.3 Å². The van der Waals surface area contributed by atoms with Crippen LogP contribution in [0.3, 0.4) is 0 Å². The van der Waals surface area contributed by atoms with Crippen molar-refractivity contribution in [2.24, 2.45) is 0 Å². The highest BCUT2D eigenvalue weighted by molar-refractivity contribution is 5.26. The third-order valence-corrected chi connectivity index (χ3v) is 3.04. The molecule has 0 bridgehead atoms. The number of likely N-dealkylation sites (N-methyl/N-ethyl adjacent to an activating group) is 1. The van der Waals surface area contributed by atoms with E-state index in [2.05, 4.69) is 5.32 Å². The van der Waals surface area contributed by atoms with E-state index in [1.807, 2.05) is 0 Å². The van der Waals surface area contributed by atoms with Gasteiger partial charge in [-0.1, -0.05) is 0 Å². The highest BCUT2D eigenvalue weighted by Crippen LogP contribution is 2.23. The number of hydrogen-bond acceptors (Lipinski definition) is 1. The molecule has 0 aromatic heterocycles. The molecule has 0 fully saturated rings. The monoisotopic (exact) mass is 283 g/mol. The number of rotatable bonds is 4. The molecule has 1 N–H and O–H groups in total. The van der Waals surface area contributed by atoms with Crippen LogP contribution in [0.2, 0.25) is 0 Å². The van der Waals surface area contributed by atoms with Crippen LogP contribution in [0.15, 0.2) is 36.4 Å². The zero-order chi connectivity index (χ0) is 14.7. The lowest BCUT2D eigenvalue weighted by Gasteiger charge is -2.17. The van der Waals surface area contributed by atoms with Gasteiger partial charge in [-0.25, -0.2) is 17.6 Å². The molecule has 2 aromatic rings. The van der Waals surface area contributed by atoms with Crippen LogP contribution in [-0.2, 0) is 6.42 Å². The summed E-state index contributed by atoms with van der Waals surface area (Å²) in [7, 11) is 1.57. The second kappa shape index (κ2) is 6.05. The topological polar surface area (TPSA) is 12.0 Å². The van der Waals surface area contributed by atoms with Crippen LogP contribution in [0.4, 0.5) is 17.6 Å². The molecular formula is C15H13F4N. The molecule has 20 heavy (non-hydrogen) atoms. The van der Waals surface area contributed by atoms with E-state index in [1.54, 1.807) is 7.05 Å². The molecule has 1 atom stereocenters. The molecule has 0 radical (unpaired) electrons. The van der Waals surface area contributed by atoms with Crippen LogP contribution in [0, 0.1) is 23.3 Å². The Labute approximate surface area is 114 Å². The van der Waals surface area contributed by atoms with Crippen LogP contribution in [0.5, 0.6) is 0 Å². The standard InChI is InChI=1S/C15H13F4N/c1-20-15(13-8-10(16)2-3-14(13)19)6-9-4-11(17)7-12(18)5-9/h2-5,7-8,15,20H,6H2,1H3. The Bertz CT molecular complexity index is 593. The lowest BCUT2D eigenvalue weighted by molar-refractivity contribution is 0.518. The summed E-state index contributed by atoms with van der Waals surface area (Å²) in [5, 5.41) is 2.82. The largest absolute Gasteiger partial charge is 0.313 e. The van der Waals surface area contributed by atoms with Gasteiger partial charge >= 0.3 is 0 Å². The average molecular weight is 283 g/mol. The van der Waals surface area contributed by atoms with Crippen LogP contribution in [-0.4, -0.2) is 7.05 Å². The molecule has 2 rings (SSSR count). The highest BCUT2D eigenvalue weighted by Gasteiger charge is 2.16. The minimum absolute atomic E-state index is 0.122. The van der Waals surface area contributed by atoms with Gasteiger partial charge in [0.2, 0.25) is 0 Å². The van der Waals surface area contributed by atoms with Gasteiger partial charge < -0.3 is 5.32 Å². The molecule has 0 heterocycles. The maximum atomic E-state index is 13.7. The Morgan fingerprint density at radius 2 is 1.55 bits per heavy atom. The van der Waals surface area contributed by atoms with Crippen molar-refractivity contribution in [2.75, 3.05) is 7.05 Å². The smallest absolute Gasteiger partial charge is 0.128 e. The third-order valence-electron chi connectivity index (χ3n) is 3.04. The Hall–Kier alpha value is -1.88. The summed E-state index contributed by atoms with van der Waals surface area (Å²) in [6, 6.07) is 5.66. The third kappa shape index (κ3) is 3.36. The fraction of sp³-hybridized carbons (Fsp3) is 0.200. The van der Waals surface area contributed by atoms with Gasteiger partial charge in [0.15, 0.2) is 0 Å². The summed E-state index contributed by atoms with van der Waals surface area (Å²) in [6.45, 7) is 0. The second-order valence-corrected chi connectivity index (χ2v) is 4.49. The zero-order valence-corrected chi connectivity index (χ0v) is 10.8. The van der Waals surface area contributed by atoms with Crippen molar-refractivity contribution in [3.63, 3.8) is 0 Å². The fourth-order valence-electron chi connectivity index (χ4n) is 2.11. The van der Waals surface area contributed by atoms with Crippen molar-refractivity contribution in [2.45, 2.75) is 12.5 Å². The summed E-state index contributed by atoms with van der Waals surface area (Å²) in [5.74, 6) is -2.53. The minimum Gasteiger partial charge on any atom is -0.313 e. The number of nitrogens with one attached hydrogen (secondary N) is 1. The van der Waals surface area contributed by atoms with E-state index in [0.29, 0.717) is 5.56 Å². The van der Waals surface area contributed by atoms with Gasteiger partial charge in [0, 0.05) is 17.7 Å². The normalized spacial score (nSPS) is 12.4. The first-order chi connectivity index (χ1) is 9.49. The average Bonchev–Trinajstić information content (AvgIpc) is 2.38. The Morgan fingerprint density at radius 1 is 0.900 bits per heavy atom. The Morgan fingerprint density at radius 3 is 2.15 bits per heavy atom. The van der Waals surface area contributed by atoms with E-state index in [4.69, 9.17) is 0 Å². The maximum absolute atomic E-state index is 13.7. The first kappa shape index (κ1) is 14.5. The van der Waals surface area contributed by atoms with Crippen molar-refractivity contribution in [3.8, 4) is 0 Å². The second-order valence-electron chi connectivity index (χ2n) is 4.49. The van der Waals surface area contributed by atoms with Gasteiger partial charge in [0.25, 0.3) is 0 Å². The van der Waals surface area contributed by atoms with E-state index < -0.39 is 29.3 Å². The molecule has 0 saturated heterocycles. The van der Waals surface area contributed by atoms with E-state index in [0.717, 1.165) is 24.3 Å². The molecule has 5 heteroatoms. The molecule has 0 aliphatic carbocycles. The number of hydrogen-bond donors (Lipinski definition) is 1. The predicted octanol–water partition coefficient (Wildman–Crippen LogP) is 3.75. The van der Waals surface area contributed by atoms with Gasteiger partial charge in [-0.3, -0.25) is 0 Å². The molecule has 0 amide bonds. The quantitative estimate of drug-likeness (QED) is 0.843. The Kier molecular flexibility index (Phi) is 4.39. The van der Waals surface area contributed by atoms with Crippen molar-refractivity contribution < 1.29 is 17.6 Å². The van der Waals surface area contributed by atoms with Crippen molar-refractivity contribution >= 4 is 0 Å². The van der Waals surface area contributed by atoms with Gasteiger partial charge in [-0.2, -0.15) is 0 Å². The fourth-order valence-corrected chi connectivity index (χ4v) is 2.11. The summed E-state index contributed by atoms with van der Waals surface area (Å²) in [5.41, 5.74) is 0.489. The van der Waals surface area contributed by atoms with Gasteiger partial charge in [-0.05, 0) is 49.4 Å². The molecule has 0 saturated carbocycles. The molecule has 0 aliphatic heterocycles. The maximum Gasteiger partial charge on any atom is 0.128 e. The lowest BCUT2D eigenvalue weighted by Crippen LogP contribution is -2.20. The summed E-state index contributed by atoms with van der Waals surface area (Å²) in [4.78, 5) is 0. The molecule has 106 valence electrons. The summed E-state index contributed by atoms with van der Waals surface area (Å²) >= 11 is 0. The molecular weight excluding hydrogens is 270 g/mol. The highest BCUT2D eigenvalue weighted by atomic mass is 19.1. The first-order valence-electron chi connectivity index (χ1n) is 6.07. The number of benzene rings is 2. The van der Waals surface area contributed by atoms with Crippen LogP contribution < -0.4 is 5.32 Å². The van der Waals surface area contributed by atoms with Gasteiger partial charge in [-0.15, -0.1) is 0 Å². The van der Waals surface area contributed by atoms with E-state index in [9.17, 15) is 17.6 Å². The molecule has 0 aliphatic rings. The summed E-state index contributed by atoms with van der Waals surface area (Å²) < 4.78 is 53.2. The van der Waals surface area contributed by atoms with E-state index >= 15 is 0 Å². The summed E-state index contributed by atoms with van der Waals surface area (Å²) in [6.07, 6.45) is 0.144. The molecule has 1 unspecified atom stereocenters. The van der Waals surface area contributed by atoms with E-state index in [1.165, 1.54) is 12.1 Å². The zero-order valence-electron chi connectivity index (χ0n) is 10.8. The van der Waals surface area contributed by atoms with Crippen LogP contribution in [0.1, 0.15) is 17.2 Å². The van der Waals surface area contributed by atoms with Crippen LogP contribution in [0.25, 0.3) is 0 Å².